The largest absolute Gasteiger partial charge is 0.474 e. The Morgan fingerprint density at radius 2 is 1.84 bits per heavy atom. The van der Waals surface area contributed by atoms with E-state index in [1.807, 2.05) is 11.3 Å². The SMILES string of the molecule is CC(C)c1cccc2c1OC(N(C)CC1CCN(c3nc4ccccc4s3)CC1)C2.Cl.Cl. The quantitative estimate of drug-likeness (QED) is 0.412. The van der Waals surface area contributed by atoms with Crippen molar-refractivity contribution >= 4 is 51.5 Å². The number of thiazole rings is 1. The number of hydrogen-bond acceptors (Lipinski definition) is 5. The zero-order valence-corrected chi connectivity index (χ0v) is 21.4. The molecule has 0 spiro atoms. The number of anilines is 1. The van der Waals surface area contributed by atoms with Crippen molar-refractivity contribution in [1.29, 1.82) is 0 Å². The number of para-hydroxylation sites is 2. The molecule has 5 rings (SSSR count). The number of aromatic nitrogens is 1. The molecule has 0 amide bonds. The van der Waals surface area contributed by atoms with Crippen LogP contribution in [-0.4, -0.2) is 42.8 Å². The number of benzene rings is 2. The molecule has 2 aliphatic rings. The van der Waals surface area contributed by atoms with Crippen molar-refractivity contribution in [3.8, 4) is 5.75 Å². The Kier molecular flexibility index (Phi) is 8.31. The fraction of sp³-hybridized carbons (Fsp3) is 0.480. The zero-order valence-electron chi connectivity index (χ0n) is 19.0. The van der Waals surface area contributed by atoms with E-state index < -0.39 is 0 Å². The maximum Gasteiger partial charge on any atom is 0.186 e. The average molecular weight is 495 g/mol. The molecule has 0 radical (unpaired) electrons. The number of piperidine rings is 1. The molecule has 2 aromatic carbocycles. The number of ether oxygens (including phenoxy) is 1. The number of hydrogen-bond donors (Lipinski definition) is 0. The van der Waals surface area contributed by atoms with Gasteiger partial charge in [-0.05, 0) is 55.0 Å². The van der Waals surface area contributed by atoms with Gasteiger partial charge in [0.15, 0.2) is 11.4 Å². The third kappa shape index (κ3) is 5.01. The van der Waals surface area contributed by atoms with E-state index in [9.17, 15) is 0 Å². The third-order valence-electron chi connectivity index (χ3n) is 6.60. The van der Waals surface area contributed by atoms with E-state index >= 15 is 0 Å². The van der Waals surface area contributed by atoms with Crippen molar-refractivity contribution in [3.05, 3.63) is 53.6 Å². The van der Waals surface area contributed by atoms with Crippen LogP contribution in [-0.2, 0) is 6.42 Å². The fourth-order valence-electron chi connectivity index (χ4n) is 4.80. The van der Waals surface area contributed by atoms with Crippen LogP contribution in [0.1, 0.15) is 43.7 Å². The lowest BCUT2D eigenvalue weighted by molar-refractivity contribution is 0.0483. The summed E-state index contributed by atoms with van der Waals surface area (Å²) >= 11 is 1.82. The highest BCUT2D eigenvalue weighted by Gasteiger charge is 2.31. The minimum atomic E-state index is 0. The summed E-state index contributed by atoms with van der Waals surface area (Å²) in [5, 5.41) is 1.18. The van der Waals surface area contributed by atoms with Crippen LogP contribution in [0.4, 0.5) is 5.13 Å². The first-order valence-electron chi connectivity index (χ1n) is 11.2. The molecule has 174 valence electrons. The van der Waals surface area contributed by atoms with Gasteiger partial charge in [0.05, 0.1) is 10.2 Å². The molecule has 7 heteroatoms. The zero-order chi connectivity index (χ0) is 20.7. The predicted molar refractivity (Wildman–Crippen MR) is 140 cm³/mol. The van der Waals surface area contributed by atoms with Crippen molar-refractivity contribution in [2.45, 2.75) is 45.3 Å². The lowest BCUT2D eigenvalue weighted by Gasteiger charge is -2.35. The van der Waals surface area contributed by atoms with Crippen LogP contribution < -0.4 is 9.64 Å². The molecular formula is C25H33Cl2N3OS. The highest BCUT2D eigenvalue weighted by molar-refractivity contribution is 7.22. The first-order valence-corrected chi connectivity index (χ1v) is 12.0. The van der Waals surface area contributed by atoms with E-state index in [4.69, 9.17) is 9.72 Å². The molecule has 0 N–H and O–H groups in total. The van der Waals surface area contributed by atoms with Gasteiger partial charge < -0.3 is 9.64 Å². The molecule has 0 saturated carbocycles. The van der Waals surface area contributed by atoms with Crippen LogP contribution >= 0.6 is 36.2 Å². The Hall–Kier alpha value is -1.53. The van der Waals surface area contributed by atoms with Gasteiger partial charge in [-0.2, -0.15) is 0 Å². The van der Waals surface area contributed by atoms with Crippen molar-refractivity contribution < 1.29 is 4.74 Å². The maximum atomic E-state index is 6.43. The van der Waals surface area contributed by atoms with Crippen molar-refractivity contribution in [2.24, 2.45) is 5.92 Å². The summed E-state index contributed by atoms with van der Waals surface area (Å²) in [5.41, 5.74) is 3.83. The maximum absolute atomic E-state index is 6.43. The van der Waals surface area contributed by atoms with Crippen LogP contribution in [0.3, 0.4) is 0 Å². The van der Waals surface area contributed by atoms with Gasteiger partial charge >= 0.3 is 0 Å². The van der Waals surface area contributed by atoms with E-state index in [1.54, 1.807) is 0 Å². The second kappa shape index (κ2) is 10.6. The summed E-state index contributed by atoms with van der Waals surface area (Å²) in [6.45, 7) is 7.79. The van der Waals surface area contributed by atoms with Gasteiger partial charge in [0.1, 0.15) is 5.75 Å². The van der Waals surface area contributed by atoms with Crippen molar-refractivity contribution in [3.63, 3.8) is 0 Å². The molecule has 1 atom stereocenters. The van der Waals surface area contributed by atoms with Crippen molar-refractivity contribution in [2.75, 3.05) is 31.6 Å². The Morgan fingerprint density at radius 3 is 2.56 bits per heavy atom. The van der Waals surface area contributed by atoms with Gasteiger partial charge in [0, 0.05) is 26.1 Å². The van der Waals surface area contributed by atoms with Crippen LogP contribution in [0, 0.1) is 5.92 Å². The topological polar surface area (TPSA) is 28.6 Å². The number of nitrogens with zero attached hydrogens (tertiary/aromatic N) is 3. The van der Waals surface area contributed by atoms with E-state index in [-0.39, 0.29) is 31.0 Å². The summed E-state index contributed by atoms with van der Waals surface area (Å²) in [6.07, 6.45) is 3.60. The molecule has 1 saturated heterocycles. The molecule has 4 nitrogen and oxygen atoms in total. The number of halogens is 2. The number of fused-ring (bicyclic) bond motifs is 2. The molecular weight excluding hydrogens is 461 g/mol. The first-order chi connectivity index (χ1) is 14.6. The lowest BCUT2D eigenvalue weighted by Crippen LogP contribution is -2.42. The second-order valence-electron chi connectivity index (χ2n) is 9.10. The summed E-state index contributed by atoms with van der Waals surface area (Å²) in [6, 6.07) is 15.1. The van der Waals surface area contributed by atoms with Crippen LogP contribution in [0.25, 0.3) is 10.2 Å². The van der Waals surface area contributed by atoms with Crippen LogP contribution in [0.5, 0.6) is 5.75 Å². The molecule has 32 heavy (non-hydrogen) atoms. The van der Waals surface area contributed by atoms with Gasteiger partial charge in [0.2, 0.25) is 0 Å². The molecule has 0 aliphatic carbocycles. The molecule has 0 bridgehead atoms. The van der Waals surface area contributed by atoms with Gasteiger partial charge in [-0.3, -0.25) is 4.90 Å². The Morgan fingerprint density at radius 1 is 1.09 bits per heavy atom. The molecule has 3 heterocycles. The normalized spacial score (nSPS) is 18.4. The summed E-state index contributed by atoms with van der Waals surface area (Å²) in [4.78, 5) is 9.75. The number of rotatable bonds is 5. The van der Waals surface area contributed by atoms with Crippen LogP contribution in [0.2, 0.25) is 0 Å². The monoisotopic (exact) mass is 493 g/mol. The first kappa shape index (κ1) is 25.1. The lowest BCUT2D eigenvalue weighted by atomic mass is 9.96. The Labute approximate surface area is 207 Å². The molecule has 2 aliphatic heterocycles. The Bertz CT molecular complexity index is 1000. The smallest absolute Gasteiger partial charge is 0.186 e. The summed E-state index contributed by atoms with van der Waals surface area (Å²) in [7, 11) is 2.23. The molecule has 1 aromatic heterocycles. The van der Waals surface area contributed by atoms with Gasteiger partial charge in [0.25, 0.3) is 0 Å². The van der Waals surface area contributed by atoms with Crippen molar-refractivity contribution in [1.82, 2.24) is 9.88 Å². The van der Waals surface area contributed by atoms with E-state index in [0.717, 1.165) is 43.2 Å². The molecule has 1 unspecified atom stereocenters. The second-order valence-corrected chi connectivity index (χ2v) is 10.1. The molecule has 1 fully saturated rings. The Balaban J connectivity index is 0.00000144. The standard InChI is InChI=1S/C25H31N3OS.2ClH/c1-17(2)20-8-6-7-19-15-23(29-24(19)20)27(3)16-18-11-13-28(14-12-18)25-26-21-9-4-5-10-22(21)30-25;;/h4-10,17-18,23H,11-16H2,1-3H3;2*1H. The molecule has 3 aromatic rings. The van der Waals surface area contributed by atoms with E-state index in [2.05, 4.69) is 73.2 Å². The van der Waals surface area contributed by atoms with Gasteiger partial charge in [-0.15, -0.1) is 24.8 Å². The fourth-order valence-corrected chi connectivity index (χ4v) is 5.82. The third-order valence-corrected chi connectivity index (χ3v) is 7.70. The highest BCUT2D eigenvalue weighted by atomic mass is 35.5. The summed E-state index contributed by atoms with van der Waals surface area (Å²) < 4.78 is 7.72. The van der Waals surface area contributed by atoms with Gasteiger partial charge in [-0.1, -0.05) is 55.5 Å². The summed E-state index contributed by atoms with van der Waals surface area (Å²) in [5.74, 6) is 2.35. The van der Waals surface area contributed by atoms with E-state index in [1.165, 1.54) is 33.8 Å². The van der Waals surface area contributed by atoms with Crippen LogP contribution in [0.15, 0.2) is 42.5 Å². The minimum Gasteiger partial charge on any atom is -0.474 e. The highest BCUT2D eigenvalue weighted by Crippen LogP contribution is 2.37. The van der Waals surface area contributed by atoms with Gasteiger partial charge in [-0.25, -0.2) is 4.98 Å². The minimum absolute atomic E-state index is 0. The van der Waals surface area contributed by atoms with E-state index in [0.29, 0.717) is 5.92 Å². The average Bonchev–Trinajstić information content (AvgIpc) is 3.38. The number of likely N-dealkylation sites (N-methyl/N-ethyl adjacent to an activating group) is 1. The predicted octanol–water partition coefficient (Wildman–Crippen LogP) is 6.37.